The van der Waals surface area contributed by atoms with Gasteiger partial charge in [0.25, 0.3) is 5.91 Å². The van der Waals surface area contributed by atoms with Crippen molar-refractivity contribution in [2.24, 2.45) is 4.99 Å². The molecule has 1 aliphatic heterocycles. The number of rotatable bonds is 2. The third-order valence-corrected chi connectivity index (χ3v) is 2.70. The van der Waals surface area contributed by atoms with E-state index in [1.54, 1.807) is 12.1 Å². The molecule has 0 saturated heterocycles. The van der Waals surface area contributed by atoms with E-state index in [1.807, 2.05) is 0 Å². The van der Waals surface area contributed by atoms with E-state index in [1.165, 1.54) is 19.5 Å². The first-order valence-corrected chi connectivity index (χ1v) is 5.81. The Morgan fingerprint density at radius 1 is 1.37 bits per heavy atom. The monoisotopic (exact) mass is 262 g/mol. The summed E-state index contributed by atoms with van der Waals surface area (Å²) in [6.45, 7) is 0. The number of nitrogens with zero attached hydrogens (tertiary/aromatic N) is 2. The lowest BCUT2D eigenvalue weighted by Crippen LogP contribution is -2.41. The van der Waals surface area contributed by atoms with E-state index in [2.05, 4.69) is 25.6 Å². The molecule has 1 aromatic heterocycles. The first kappa shape index (κ1) is 13.0. The fourth-order valence-electron chi connectivity index (χ4n) is 1.70. The maximum atomic E-state index is 11.7. The summed E-state index contributed by atoms with van der Waals surface area (Å²) < 4.78 is 4.61. The topological polar surface area (TPSA) is 92.7 Å². The first-order valence-electron chi connectivity index (χ1n) is 5.81. The Morgan fingerprint density at radius 3 is 2.79 bits per heavy atom. The van der Waals surface area contributed by atoms with Gasteiger partial charge in [-0.05, 0) is 18.6 Å². The van der Waals surface area contributed by atoms with Crippen molar-refractivity contribution in [2.45, 2.75) is 18.9 Å². The minimum Gasteiger partial charge on any atom is -0.467 e. The Balaban J connectivity index is 1.87. The highest BCUT2D eigenvalue weighted by atomic mass is 16.5. The number of aromatic nitrogens is 1. The van der Waals surface area contributed by atoms with Gasteiger partial charge in [-0.2, -0.15) is 0 Å². The first-order chi connectivity index (χ1) is 9.20. The number of amides is 1. The number of hydrogen-bond donors (Lipinski definition) is 2. The molecule has 19 heavy (non-hydrogen) atoms. The van der Waals surface area contributed by atoms with E-state index in [-0.39, 0.29) is 11.9 Å². The molecule has 0 saturated carbocycles. The summed E-state index contributed by atoms with van der Waals surface area (Å²) in [5, 5.41) is 0. The number of ether oxygens (including phenoxy) is 1. The van der Waals surface area contributed by atoms with E-state index in [9.17, 15) is 9.59 Å². The third-order valence-electron chi connectivity index (χ3n) is 2.70. The van der Waals surface area contributed by atoms with Crippen LogP contribution in [0.2, 0.25) is 0 Å². The standard InChI is InChI=1S/C12H14N4O3/c1-19-12(18)9-2-3-10(14-9)15-16-11(17)8-4-6-13-7-5-8/h4-7,9H,2-3H2,1H3,(H,14,15)(H,16,17). The molecule has 0 radical (unpaired) electrons. The van der Waals surface area contributed by atoms with Crippen molar-refractivity contribution in [1.29, 1.82) is 0 Å². The number of aliphatic imine (C=N–C) groups is 1. The number of carbonyl (C=O) groups excluding carboxylic acids is 2. The number of hydrogen-bond acceptors (Lipinski definition) is 6. The van der Waals surface area contributed by atoms with E-state index < -0.39 is 6.04 Å². The molecule has 7 nitrogen and oxygen atoms in total. The van der Waals surface area contributed by atoms with Crippen LogP contribution >= 0.6 is 0 Å². The largest absolute Gasteiger partial charge is 0.467 e. The minimum atomic E-state index is -0.481. The molecule has 7 heteroatoms. The summed E-state index contributed by atoms with van der Waals surface area (Å²) in [6, 6.07) is 2.72. The summed E-state index contributed by atoms with van der Waals surface area (Å²) in [6.07, 6.45) is 4.25. The molecule has 1 atom stereocenters. The summed E-state index contributed by atoms with van der Waals surface area (Å²) in [5.41, 5.74) is 5.72. The number of carbonyl (C=O) groups is 2. The molecule has 1 unspecified atom stereocenters. The molecular weight excluding hydrogens is 248 g/mol. The lowest BCUT2D eigenvalue weighted by Gasteiger charge is -2.07. The number of methoxy groups -OCH3 is 1. The molecule has 0 spiro atoms. The van der Waals surface area contributed by atoms with E-state index in [4.69, 9.17) is 0 Å². The van der Waals surface area contributed by atoms with Crippen LogP contribution in [0.3, 0.4) is 0 Å². The van der Waals surface area contributed by atoms with Gasteiger partial charge in [-0.1, -0.05) is 0 Å². The van der Waals surface area contributed by atoms with Crippen LogP contribution in [0.5, 0.6) is 0 Å². The van der Waals surface area contributed by atoms with E-state index >= 15 is 0 Å². The Hall–Kier alpha value is -2.44. The van der Waals surface area contributed by atoms with E-state index in [0.29, 0.717) is 24.2 Å². The van der Waals surface area contributed by atoms with Gasteiger partial charge in [0.15, 0.2) is 0 Å². The highest BCUT2D eigenvalue weighted by molar-refractivity contribution is 5.96. The van der Waals surface area contributed by atoms with Crippen molar-refractivity contribution in [2.75, 3.05) is 7.11 Å². The highest BCUT2D eigenvalue weighted by Crippen LogP contribution is 2.12. The van der Waals surface area contributed by atoms with Crippen LogP contribution in [-0.4, -0.2) is 35.8 Å². The molecule has 2 heterocycles. The van der Waals surface area contributed by atoms with Gasteiger partial charge < -0.3 is 4.74 Å². The van der Waals surface area contributed by atoms with Gasteiger partial charge in [0, 0.05) is 24.4 Å². The molecule has 0 aliphatic carbocycles. The Kier molecular flexibility index (Phi) is 4.07. The van der Waals surface area contributed by atoms with Crippen molar-refractivity contribution in [3.63, 3.8) is 0 Å². The SMILES string of the molecule is COC(=O)C1CCC(NNC(=O)c2ccncc2)=N1. The van der Waals surface area contributed by atoms with Gasteiger partial charge in [0.05, 0.1) is 7.11 Å². The lowest BCUT2D eigenvalue weighted by atomic mass is 10.2. The number of hydrazine groups is 1. The summed E-state index contributed by atoms with van der Waals surface area (Å²) in [4.78, 5) is 30.9. The molecule has 1 aliphatic rings. The minimum absolute atomic E-state index is 0.286. The molecule has 0 bridgehead atoms. The Morgan fingerprint density at radius 2 is 2.11 bits per heavy atom. The van der Waals surface area contributed by atoms with Crippen LogP contribution in [0.4, 0.5) is 0 Å². The van der Waals surface area contributed by atoms with Crippen LogP contribution in [-0.2, 0) is 9.53 Å². The van der Waals surface area contributed by atoms with Crippen LogP contribution in [0.1, 0.15) is 23.2 Å². The number of nitrogens with one attached hydrogen (secondary N) is 2. The number of pyridine rings is 1. The predicted octanol–water partition coefficient (Wildman–Crippen LogP) is 0.0499. The van der Waals surface area contributed by atoms with Crippen molar-refractivity contribution < 1.29 is 14.3 Å². The van der Waals surface area contributed by atoms with Gasteiger partial charge in [-0.15, -0.1) is 0 Å². The maximum Gasteiger partial charge on any atom is 0.330 e. The summed E-state index contributed by atoms with van der Waals surface area (Å²) >= 11 is 0. The molecule has 1 aromatic rings. The van der Waals surface area contributed by atoms with Gasteiger partial charge in [-0.3, -0.25) is 25.6 Å². The van der Waals surface area contributed by atoms with Crippen LogP contribution < -0.4 is 10.9 Å². The predicted molar refractivity (Wildman–Crippen MR) is 67.3 cm³/mol. The molecular formula is C12H14N4O3. The average molecular weight is 262 g/mol. The average Bonchev–Trinajstić information content (AvgIpc) is 2.93. The van der Waals surface area contributed by atoms with Gasteiger partial charge in [0.1, 0.15) is 11.9 Å². The molecule has 1 amide bonds. The van der Waals surface area contributed by atoms with Crippen molar-refractivity contribution in [1.82, 2.24) is 15.8 Å². The second kappa shape index (κ2) is 5.94. The summed E-state index contributed by atoms with van der Waals surface area (Å²) in [5.74, 6) is -0.0818. The van der Waals surface area contributed by atoms with Crippen LogP contribution in [0.15, 0.2) is 29.5 Å². The van der Waals surface area contributed by atoms with Crippen molar-refractivity contribution in [3.05, 3.63) is 30.1 Å². The summed E-state index contributed by atoms with van der Waals surface area (Å²) in [7, 11) is 1.33. The smallest absolute Gasteiger partial charge is 0.330 e. The Bertz CT molecular complexity index is 501. The van der Waals surface area contributed by atoms with Crippen LogP contribution in [0, 0.1) is 0 Å². The molecule has 0 fully saturated rings. The number of amidine groups is 1. The molecule has 0 aromatic carbocycles. The second-order valence-corrected chi connectivity index (χ2v) is 3.97. The zero-order valence-corrected chi connectivity index (χ0v) is 10.4. The Labute approximate surface area is 110 Å². The van der Waals surface area contributed by atoms with E-state index in [0.717, 1.165) is 0 Å². The zero-order chi connectivity index (χ0) is 13.7. The van der Waals surface area contributed by atoms with Crippen molar-refractivity contribution >= 4 is 17.7 Å². The molecule has 2 rings (SSSR count). The second-order valence-electron chi connectivity index (χ2n) is 3.97. The van der Waals surface area contributed by atoms with Crippen molar-refractivity contribution in [3.8, 4) is 0 Å². The molecule has 2 N–H and O–H groups in total. The van der Waals surface area contributed by atoms with Gasteiger partial charge >= 0.3 is 5.97 Å². The third kappa shape index (κ3) is 3.27. The van der Waals surface area contributed by atoms with Gasteiger partial charge in [-0.25, -0.2) is 4.79 Å². The number of esters is 1. The maximum absolute atomic E-state index is 11.7. The molecule has 100 valence electrons. The normalized spacial score (nSPS) is 17.5. The fraction of sp³-hybridized carbons (Fsp3) is 0.333. The lowest BCUT2D eigenvalue weighted by molar-refractivity contribution is -0.141. The highest BCUT2D eigenvalue weighted by Gasteiger charge is 2.25. The van der Waals surface area contributed by atoms with Crippen LogP contribution in [0.25, 0.3) is 0 Å². The van der Waals surface area contributed by atoms with Gasteiger partial charge in [0.2, 0.25) is 0 Å². The zero-order valence-electron chi connectivity index (χ0n) is 10.4. The quantitative estimate of drug-likeness (QED) is 0.580. The fourth-order valence-corrected chi connectivity index (χ4v) is 1.70.